The van der Waals surface area contributed by atoms with Crippen molar-refractivity contribution < 1.29 is 19.5 Å². The Balaban J connectivity index is 1.67. The maximum Gasteiger partial charge on any atom is 0.303 e. The van der Waals surface area contributed by atoms with E-state index < -0.39 is 5.97 Å². The Morgan fingerprint density at radius 3 is 2.23 bits per heavy atom. The predicted molar refractivity (Wildman–Crippen MR) is 99.0 cm³/mol. The van der Waals surface area contributed by atoms with Crippen LogP contribution >= 0.6 is 0 Å². The first-order valence-electron chi connectivity index (χ1n) is 8.48. The molecule has 6 heteroatoms. The molecule has 0 bridgehead atoms. The van der Waals surface area contributed by atoms with Gasteiger partial charge in [-0.2, -0.15) is 0 Å². The van der Waals surface area contributed by atoms with Gasteiger partial charge in [0.05, 0.1) is 0 Å². The van der Waals surface area contributed by atoms with Gasteiger partial charge in [0.15, 0.2) is 0 Å². The van der Waals surface area contributed by atoms with Crippen molar-refractivity contribution >= 4 is 23.5 Å². The first-order chi connectivity index (χ1) is 12.5. The number of carboxylic acid groups (broad SMARTS) is 1. The van der Waals surface area contributed by atoms with Crippen LogP contribution in [0.15, 0.2) is 54.6 Å². The van der Waals surface area contributed by atoms with Crippen LogP contribution in [-0.4, -0.2) is 29.4 Å². The van der Waals surface area contributed by atoms with E-state index in [1.165, 1.54) is 0 Å². The topological polar surface area (TPSA) is 95.5 Å². The Morgan fingerprint density at radius 1 is 0.885 bits per heavy atom. The highest BCUT2D eigenvalue weighted by molar-refractivity contribution is 5.94. The van der Waals surface area contributed by atoms with Gasteiger partial charge in [-0.05, 0) is 42.7 Å². The van der Waals surface area contributed by atoms with Crippen LogP contribution in [0.4, 0.5) is 5.69 Å². The van der Waals surface area contributed by atoms with E-state index in [1.54, 1.807) is 48.5 Å². The molecule has 0 saturated carbocycles. The number of carbonyl (C=O) groups is 3. The van der Waals surface area contributed by atoms with Gasteiger partial charge in [-0.25, -0.2) is 0 Å². The van der Waals surface area contributed by atoms with Crippen molar-refractivity contribution in [1.29, 1.82) is 0 Å². The van der Waals surface area contributed by atoms with Gasteiger partial charge in [-0.1, -0.05) is 30.3 Å². The van der Waals surface area contributed by atoms with Crippen molar-refractivity contribution in [3.63, 3.8) is 0 Å². The molecule has 0 saturated heterocycles. The van der Waals surface area contributed by atoms with Crippen molar-refractivity contribution in [2.24, 2.45) is 0 Å². The van der Waals surface area contributed by atoms with Gasteiger partial charge in [0.1, 0.15) is 0 Å². The number of hydrogen-bond acceptors (Lipinski definition) is 3. The van der Waals surface area contributed by atoms with Gasteiger partial charge in [0, 0.05) is 30.6 Å². The molecule has 0 aromatic heterocycles. The summed E-state index contributed by atoms with van der Waals surface area (Å²) >= 11 is 0. The van der Waals surface area contributed by atoms with Gasteiger partial charge >= 0.3 is 5.97 Å². The third-order valence-corrected chi connectivity index (χ3v) is 3.77. The minimum Gasteiger partial charge on any atom is -0.481 e. The summed E-state index contributed by atoms with van der Waals surface area (Å²) in [5.74, 6) is -1.11. The summed E-state index contributed by atoms with van der Waals surface area (Å²) in [5, 5.41) is 14.2. The summed E-state index contributed by atoms with van der Waals surface area (Å²) in [7, 11) is 0. The van der Waals surface area contributed by atoms with E-state index in [4.69, 9.17) is 5.11 Å². The minimum absolute atomic E-state index is 0.0837. The lowest BCUT2D eigenvalue weighted by molar-refractivity contribution is -0.137. The second-order valence-corrected chi connectivity index (χ2v) is 5.86. The van der Waals surface area contributed by atoms with Crippen molar-refractivity contribution in [1.82, 2.24) is 5.32 Å². The van der Waals surface area contributed by atoms with Gasteiger partial charge in [-0.3, -0.25) is 14.4 Å². The predicted octanol–water partition coefficient (Wildman–Crippen LogP) is 2.85. The lowest BCUT2D eigenvalue weighted by atomic mass is 10.1. The molecular weight excluding hydrogens is 332 g/mol. The molecule has 0 heterocycles. The zero-order valence-corrected chi connectivity index (χ0v) is 14.4. The number of aryl methyl sites for hydroxylation is 1. The van der Waals surface area contributed by atoms with Crippen molar-refractivity contribution in [3.8, 4) is 0 Å². The molecule has 0 unspecified atom stereocenters. The van der Waals surface area contributed by atoms with Crippen LogP contribution in [0.25, 0.3) is 0 Å². The number of amides is 2. The lowest BCUT2D eigenvalue weighted by Gasteiger charge is -2.07. The summed E-state index contributed by atoms with van der Waals surface area (Å²) < 4.78 is 0. The Labute approximate surface area is 152 Å². The average molecular weight is 354 g/mol. The fraction of sp³-hybridized carbons (Fsp3) is 0.250. The van der Waals surface area contributed by atoms with E-state index >= 15 is 0 Å². The molecular formula is C20H22N2O4. The van der Waals surface area contributed by atoms with Gasteiger partial charge in [0.25, 0.3) is 5.91 Å². The fourth-order valence-electron chi connectivity index (χ4n) is 2.37. The van der Waals surface area contributed by atoms with Crippen LogP contribution in [0.3, 0.4) is 0 Å². The van der Waals surface area contributed by atoms with Crippen molar-refractivity contribution in [3.05, 3.63) is 65.7 Å². The standard InChI is InChI=1S/C20H22N2O4/c23-18(7-4-14-21-20(26)16-5-2-1-3-6-16)22-17-11-8-15(9-12-17)10-13-19(24)25/h1-3,5-6,8-9,11-12H,4,7,10,13-14H2,(H,21,26)(H,22,23)(H,24,25). The molecule has 0 atom stereocenters. The maximum absolute atomic E-state index is 11.9. The summed E-state index contributed by atoms with van der Waals surface area (Å²) in [4.78, 5) is 34.3. The molecule has 0 radical (unpaired) electrons. The molecule has 3 N–H and O–H groups in total. The van der Waals surface area contributed by atoms with Gasteiger partial charge in [0.2, 0.25) is 5.91 Å². The number of hydrogen-bond donors (Lipinski definition) is 3. The molecule has 2 aromatic carbocycles. The third kappa shape index (κ3) is 6.76. The van der Waals surface area contributed by atoms with Crippen LogP contribution < -0.4 is 10.6 Å². The zero-order chi connectivity index (χ0) is 18.8. The Bertz CT molecular complexity index is 742. The molecule has 2 rings (SSSR count). The van der Waals surface area contributed by atoms with Crippen LogP contribution in [0.2, 0.25) is 0 Å². The van der Waals surface area contributed by atoms with E-state index in [0.717, 1.165) is 5.56 Å². The Morgan fingerprint density at radius 2 is 1.58 bits per heavy atom. The van der Waals surface area contributed by atoms with E-state index in [-0.39, 0.29) is 18.2 Å². The molecule has 0 spiro atoms. The van der Waals surface area contributed by atoms with Crippen LogP contribution in [0.1, 0.15) is 35.2 Å². The molecule has 2 aromatic rings. The zero-order valence-electron chi connectivity index (χ0n) is 14.4. The number of carbonyl (C=O) groups excluding carboxylic acids is 2. The van der Waals surface area contributed by atoms with Crippen LogP contribution in [-0.2, 0) is 16.0 Å². The molecule has 26 heavy (non-hydrogen) atoms. The number of nitrogens with one attached hydrogen (secondary N) is 2. The SMILES string of the molecule is O=C(O)CCc1ccc(NC(=O)CCCNC(=O)c2ccccc2)cc1. The monoisotopic (exact) mass is 354 g/mol. The Kier molecular flexibility index (Phi) is 7.36. The summed E-state index contributed by atoms with van der Waals surface area (Å²) in [6, 6.07) is 16.0. The van der Waals surface area contributed by atoms with Crippen molar-refractivity contribution in [2.45, 2.75) is 25.7 Å². The van der Waals surface area contributed by atoms with Gasteiger partial charge in [-0.15, -0.1) is 0 Å². The molecule has 136 valence electrons. The number of benzene rings is 2. The smallest absolute Gasteiger partial charge is 0.303 e. The van der Waals surface area contributed by atoms with E-state index in [9.17, 15) is 14.4 Å². The minimum atomic E-state index is -0.832. The normalized spacial score (nSPS) is 10.2. The number of anilines is 1. The molecule has 0 aliphatic rings. The van der Waals surface area contributed by atoms with E-state index in [1.807, 2.05) is 6.07 Å². The number of carboxylic acids is 1. The summed E-state index contributed by atoms with van der Waals surface area (Å²) in [6.45, 7) is 0.426. The molecule has 0 fully saturated rings. The summed E-state index contributed by atoms with van der Waals surface area (Å²) in [5.41, 5.74) is 2.18. The average Bonchev–Trinajstić information content (AvgIpc) is 2.65. The molecule has 6 nitrogen and oxygen atoms in total. The van der Waals surface area contributed by atoms with E-state index in [2.05, 4.69) is 10.6 Å². The third-order valence-electron chi connectivity index (χ3n) is 3.77. The second kappa shape index (κ2) is 9.98. The second-order valence-electron chi connectivity index (χ2n) is 5.86. The molecule has 2 amide bonds. The Hall–Kier alpha value is -3.15. The quantitative estimate of drug-likeness (QED) is 0.603. The van der Waals surface area contributed by atoms with Crippen LogP contribution in [0.5, 0.6) is 0 Å². The summed E-state index contributed by atoms with van der Waals surface area (Å²) in [6.07, 6.45) is 1.39. The fourth-order valence-corrected chi connectivity index (χ4v) is 2.37. The molecule has 0 aliphatic carbocycles. The first-order valence-corrected chi connectivity index (χ1v) is 8.48. The highest BCUT2D eigenvalue weighted by atomic mass is 16.4. The highest BCUT2D eigenvalue weighted by Crippen LogP contribution is 2.11. The number of rotatable bonds is 9. The maximum atomic E-state index is 11.9. The lowest BCUT2D eigenvalue weighted by Crippen LogP contribution is -2.25. The highest BCUT2D eigenvalue weighted by Gasteiger charge is 2.06. The largest absolute Gasteiger partial charge is 0.481 e. The van der Waals surface area contributed by atoms with Crippen LogP contribution in [0, 0.1) is 0 Å². The van der Waals surface area contributed by atoms with Crippen molar-refractivity contribution in [2.75, 3.05) is 11.9 Å². The van der Waals surface area contributed by atoms with E-state index in [0.29, 0.717) is 37.1 Å². The first kappa shape index (κ1) is 19.2. The molecule has 0 aliphatic heterocycles. The number of aliphatic carboxylic acids is 1. The van der Waals surface area contributed by atoms with Gasteiger partial charge < -0.3 is 15.7 Å².